The van der Waals surface area contributed by atoms with Gasteiger partial charge in [0, 0.05) is 31.4 Å². The van der Waals surface area contributed by atoms with E-state index in [0.717, 1.165) is 32.8 Å². The molecule has 1 atom stereocenters. The lowest BCUT2D eigenvalue weighted by Gasteiger charge is -2.38. The molecule has 0 aliphatic carbocycles. The zero-order valence-electron chi connectivity index (χ0n) is 10.4. The summed E-state index contributed by atoms with van der Waals surface area (Å²) < 4.78 is 5.44. The highest BCUT2D eigenvalue weighted by Crippen LogP contribution is 2.34. The molecule has 2 aliphatic heterocycles. The topological polar surface area (TPSA) is 24.5 Å². The number of nitrogens with zero attached hydrogens (tertiary/aromatic N) is 1. The maximum Gasteiger partial charge on any atom is 0.0594 e. The third-order valence-electron chi connectivity index (χ3n) is 3.79. The number of benzene rings is 1. The molecule has 3 nitrogen and oxygen atoms in total. The Bertz CT molecular complexity index is 399. The number of morpholine rings is 1. The highest BCUT2D eigenvalue weighted by molar-refractivity contribution is 5.56. The number of hydrogen-bond acceptors (Lipinski definition) is 3. The first-order valence-electron chi connectivity index (χ1n) is 6.51. The molecule has 17 heavy (non-hydrogen) atoms. The van der Waals surface area contributed by atoms with Gasteiger partial charge in [0.1, 0.15) is 0 Å². The van der Waals surface area contributed by atoms with Crippen LogP contribution in [0.15, 0.2) is 18.2 Å². The molecule has 1 unspecified atom stereocenters. The van der Waals surface area contributed by atoms with E-state index in [1.165, 1.54) is 23.2 Å². The normalized spacial score (nSPS) is 25.1. The second-order valence-corrected chi connectivity index (χ2v) is 4.97. The van der Waals surface area contributed by atoms with Crippen LogP contribution in [-0.2, 0) is 4.74 Å². The van der Waals surface area contributed by atoms with Crippen molar-refractivity contribution in [3.05, 3.63) is 29.3 Å². The van der Waals surface area contributed by atoms with E-state index >= 15 is 0 Å². The highest BCUT2D eigenvalue weighted by atomic mass is 16.5. The molecular weight excluding hydrogens is 212 g/mol. The van der Waals surface area contributed by atoms with Crippen molar-refractivity contribution in [1.82, 2.24) is 4.90 Å². The number of aryl methyl sites for hydroxylation is 1. The van der Waals surface area contributed by atoms with Crippen molar-refractivity contribution in [2.45, 2.75) is 19.4 Å². The van der Waals surface area contributed by atoms with Crippen molar-refractivity contribution in [3.63, 3.8) is 0 Å². The van der Waals surface area contributed by atoms with Crippen LogP contribution in [0.2, 0.25) is 0 Å². The first kappa shape index (κ1) is 11.1. The van der Waals surface area contributed by atoms with Crippen LogP contribution in [0.3, 0.4) is 0 Å². The van der Waals surface area contributed by atoms with E-state index in [1.54, 1.807) is 0 Å². The van der Waals surface area contributed by atoms with Crippen LogP contribution in [0.25, 0.3) is 0 Å². The van der Waals surface area contributed by atoms with Gasteiger partial charge in [0.15, 0.2) is 0 Å². The third kappa shape index (κ3) is 2.17. The van der Waals surface area contributed by atoms with Crippen molar-refractivity contribution >= 4 is 5.69 Å². The highest BCUT2D eigenvalue weighted by Gasteiger charge is 2.26. The van der Waals surface area contributed by atoms with Crippen molar-refractivity contribution in [3.8, 4) is 0 Å². The van der Waals surface area contributed by atoms with E-state index in [1.807, 2.05) is 0 Å². The molecule has 1 aromatic carbocycles. The van der Waals surface area contributed by atoms with Gasteiger partial charge >= 0.3 is 0 Å². The molecule has 0 saturated carbocycles. The number of anilines is 1. The molecule has 1 N–H and O–H groups in total. The third-order valence-corrected chi connectivity index (χ3v) is 3.79. The number of ether oxygens (including phenoxy) is 1. The minimum atomic E-state index is 0.579. The quantitative estimate of drug-likeness (QED) is 0.803. The summed E-state index contributed by atoms with van der Waals surface area (Å²) in [5.74, 6) is 0. The van der Waals surface area contributed by atoms with Gasteiger partial charge in [-0.25, -0.2) is 0 Å². The molecular formula is C14H20N2O. The maximum absolute atomic E-state index is 5.44. The molecule has 1 aromatic rings. The lowest BCUT2D eigenvalue weighted by atomic mass is 9.95. The minimum Gasteiger partial charge on any atom is -0.385 e. The predicted octanol–water partition coefficient (Wildman–Crippen LogP) is 2.18. The Balaban J connectivity index is 1.88. The fourth-order valence-corrected chi connectivity index (χ4v) is 2.88. The van der Waals surface area contributed by atoms with Gasteiger partial charge in [-0.05, 0) is 30.5 Å². The van der Waals surface area contributed by atoms with E-state index in [2.05, 4.69) is 35.3 Å². The molecule has 0 radical (unpaired) electrons. The van der Waals surface area contributed by atoms with E-state index in [4.69, 9.17) is 4.74 Å². The van der Waals surface area contributed by atoms with Crippen LogP contribution in [-0.4, -0.2) is 37.7 Å². The van der Waals surface area contributed by atoms with Gasteiger partial charge in [-0.3, -0.25) is 4.90 Å². The fraction of sp³-hybridized carbons (Fsp3) is 0.571. The van der Waals surface area contributed by atoms with Gasteiger partial charge in [0.05, 0.1) is 13.2 Å². The largest absolute Gasteiger partial charge is 0.385 e. The van der Waals surface area contributed by atoms with Crippen LogP contribution in [0.1, 0.15) is 23.6 Å². The smallest absolute Gasteiger partial charge is 0.0594 e. The molecule has 2 aliphatic rings. The Morgan fingerprint density at radius 1 is 1.29 bits per heavy atom. The molecule has 1 saturated heterocycles. The summed E-state index contributed by atoms with van der Waals surface area (Å²) in [6, 6.07) is 7.36. The van der Waals surface area contributed by atoms with E-state index < -0.39 is 0 Å². The molecule has 92 valence electrons. The maximum atomic E-state index is 5.44. The van der Waals surface area contributed by atoms with E-state index in [0.29, 0.717) is 6.04 Å². The summed E-state index contributed by atoms with van der Waals surface area (Å²) >= 11 is 0. The van der Waals surface area contributed by atoms with Crippen molar-refractivity contribution < 1.29 is 4.74 Å². The molecule has 0 bridgehead atoms. The van der Waals surface area contributed by atoms with Gasteiger partial charge < -0.3 is 10.1 Å². The van der Waals surface area contributed by atoms with Crippen LogP contribution < -0.4 is 5.32 Å². The van der Waals surface area contributed by atoms with Crippen molar-refractivity contribution in [2.24, 2.45) is 0 Å². The average molecular weight is 232 g/mol. The first-order chi connectivity index (χ1) is 8.34. The van der Waals surface area contributed by atoms with Gasteiger partial charge in [0.2, 0.25) is 0 Å². The van der Waals surface area contributed by atoms with Crippen LogP contribution in [0.4, 0.5) is 5.69 Å². The van der Waals surface area contributed by atoms with Gasteiger partial charge in [0.25, 0.3) is 0 Å². The number of hydrogen-bond donors (Lipinski definition) is 1. The summed E-state index contributed by atoms with van der Waals surface area (Å²) in [4.78, 5) is 2.57. The molecule has 2 heterocycles. The van der Waals surface area contributed by atoms with Gasteiger partial charge in [-0.1, -0.05) is 12.1 Å². The number of fused-ring (bicyclic) bond motifs is 1. The lowest BCUT2D eigenvalue weighted by molar-refractivity contribution is 0.0144. The molecule has 1 fully saturated rings. The Morgan fingerprint density at radius 3 is 2.94 bits per heavy atom. The molecule has 0 aromatic heterocycles. The lowest BCUT2D eigenvalue weighted by Crippen LogP contribution is -2.41. The Hall–Kier alpha value is -1.06. The standard InChI is InChI=1S/C14H20N2O/c1-11-2-3-12-13(10-11)15-5-4-14(12)16-6-8-17-9-7-16/h2-3,10,14-15H,4-9H2,1H3. The average Bonchev–Trinajstić information content (AvgIpc) is 2.39. The first-order valence-corrected chi connectivity index (χ1v) is 6.51. The Labute approximate surface area is 103 Å². The monoisotopic (exact) mass is 232 g/mol. The number of rotatable bonds is 1. The zero-order chi connectivity index (χ0) is 11.7. The minimum absolute atomic E-state index is 0.579. The fourth-order valence-electron chi connectivity index (χ4n) is 2.88. The Kier molecular flexibility index (Phi) is 3.04. The molecule has 0 spiro atoms. The van der Waals surface area contributed by atoms with Crippen LogP contribution in [0.5, 0.6) is 0 Å². The summed E-state index contributed by atoms with van der Waals surface area (Å²) in [5, 5.41) is 3.51. The van der Waals surface area contributed by atoms with Crippen LogP contribution >= 0.6 is 0 Å². The van der Waals surface area contributed by atoms with Crippen molar-refractivity contribution in [1.29, 1.82) is 0 Å². The summed E-state index contributed by atoms with van der Waals surface area (Å²) in [7, 11) is 0. The predicted molar refractivity (Wildman–Crippen MR) is 69.4 cm³/mol. The summed E-state index contributed by atoms with van der Waals surface area (Å²) in [6.45, 7) is 7.13. The second-order valence-electron chi connectivity index (χ2n) is 4.97. The molecule has 0 amide bonds. The summed E-state index contributed by atoms with van der Waals surface area (Å²) in [5.41, 5.74) is 4.12. The SMILES string of the molecule is Cc1ccc2c(c1)NCCC2N1CCOCC1. The molecule has 3 rings (SSSR count). The van der Waals surface area contributed by atoms with Gasteiger partial charge in [-0.2, -0.15) is 0 Å². The Morgan fingerprint density at radius 2 is 2.12 bits per heavy atom. The van der Waals surface area contributed by atoms with E-state index in [-0.39, 0.29) is 0 Å². The van der Waals surface area contributed by atoms with E-state index in [9.17, 15) is 0 Å². The van der Waals surface area contributed by atoms with Crippen molar-refractivity contribution in [2.75, 3.05) is 38.2 Å². The zero-order valence-corrected chi connectivity index (χ0v) is 10.4. The van der Waals surface area contributed by atoms with Gasteiger partial charge in [-0.15, -0.1) is 0 Å². The second kappa shape index (κ2) is 4.67. The van der Waals surface area contributed by atoms with Crippen LogP contribution in [0, 0.1) is 6.92 Å². The molecule has 3 heteroatoms. The summed E-state index contributed by atoms with van der Waals surface area (Å²) in [6.07, 6.45) is 1.20. The number of nitrogens with one attached hydrogen (secondary N) is 1.